The van der Waals surface area contributed by atoms with E-state index in [1.54, 1.807) is 24.3 Å². The van der Waals surface area contributed by atoms with E-state index in [9.17, 15) is 24.6 Å². The van der Waals surface area contributed by atoms with Gasteiger partial charge in [0.25, 0.3) is 0 Å². The van der Waals surface area contributed by atoms with Gasteiger partial charge in [-0.1, -0.05) is 35.9 Å². The van der Waals surface area contributed by atoms with Crippen molar-refractivity contribution < 1.29 is 24.6 Å². The monoisotopic (exact) mass is 344 g/mol. The lowest BCUT2D eigenvalue weighted by atomic mass is 9.65. The Hall–Kier alpha value is -2.24. The number of phenolic OH excluding ortho intramolecular Hbond substituents is 1. The van der Waals surface area contributed by atoms with Crippen molar-refractivity contribution in [3.05, 3.63) is 40.4 Å². The largest absolute Gasteiger partial charge is 0.507 e. The fraction of sp³-hybridized carbons (Fsp3) is 0.278. The van der Waals surface area contributed by atoms with Crippen molar-refractivity contribution in [3.8, 4) is 5.75 Å². The minimum atomic E-state index is -1.22. The second kappa shape index (κ2) is 5.13. The molecule has 0 heterocycles. The number of hydrogen-bond donors (Lipinski definition) is 2. The third kappa shape index (κ3) is 1.88. The average molecular weight is 345 g/mol. The second-order valence-corrected chi connectivity index (χ2v) is 6.71. The molecule has 2 N–H and O–H groups in total. The van der Waals surface area contributed by atoms with E-state index < -0.39 is 29.5 Å². The molecule has 0 saturated heterocycles. The number of carbonyl (C=O) groups excluding carboxylic acids is 3. The maximum absolute atomic E-state index is 12.9. The molecule has 122 valence electrons. The number of rotatable bonds is 0. The van der Waals surface area contributed by atoms with Crippen molar-refractivity contribution >= 4 is 39.7 Å². The Bertz CT molecular complexity index is 933. The lowest BCUT2D eigenvalue weighted by Gasteiger charge is -2.37. The molecule has 0 aromatic heterocycles. The van der Waals surface area contributed by atoms with Gasteiger partial charge in [-0.25, -0.2) is 0 Å². The average Bonchev–Trinajstić information content (AvgIpc) is 2.55. The third-order valence-corrected chi connectivity index (χ3v) is 5.38. The molecule has 2 aliphatic rings. The van der Waals surface area contributed by atoms with Crippen LogP contribution in [-0.4, -0.2) is 33.7 Å². The number of aliphatic hydroxyl groups excluding tert-OH is 1. The first kappa shape index (κ1) is 15.3. The van der Waals surface area contributed by atoms with E-state index in [-0.39, 0.29) is 40.5 Å². The number of carbonyl (C=O) groups is 3. The van der Waals surface area contributed by atoms with Gasteiger partial charge in [-0.15, -0.1) is 0 Å². The molecule has 1 saturated carbocycles. The molecule has 6 heteroatoms. The SMILES string of the molecule is O=C1C[C@@H](O)[C@@H]2C(=O)c3c(c(Cl)c4ccccc4c3O)C(=O)[C@H]2C1. The lowest BCUT2D eigenvalue weighted by Crippen LogP contribution is -2.48. The van der Waals surface area contributed by atoms with E-state index in [2.05, 4.69) is 0 Å². The maximum atomic E-state index is 12.9. The van der Waals surface area contributed by atoms with Crippen LogP contribution in [0.3, 0.4) is 0 Å². The number of hydrogen-bond acceptors (Lipinski definition) is 5. The maximum Gasteiger partial charge on any atom is 0.173 e. The summed E-state index contributed by atoms with van der Waals surface area (Å²) in [4.78, 5) is 37.5. The van der Waals surface area contributed by atoms with E-state index in [1.165, 1.54) is 0 Å². The summed E-state index contributed by atoms with van der Waals surface area (Å²) < 4.78 is 0. The molecule has 3 atom stereocenters. The molecular weight excluding hydrogens is 332 g/mol. The van der Waals surface area contributed by atoms with E-state index >= 15 is 0 Å². The first-order valence-electron chi connectivity index (χ1n) is 7.63. The van der Waals surface area contributed by atoms with Crippen molar-refractivity contribution in [2.75, 3.05) is 0 Å². The van der Waals surface area contributed by atoms with E-state index in [0.29, 0.717) is 10.8 Å². The molecule has 5 nitrogen and oxygen atoms in total. The Morgan fingerprint density at radius 1 is 0.958 bits per heavy atom. The summed E-state index contributed by atoms with van der Waals surface area (Å²) in [5, 5.41) is 21.7. The van der Waals surface area contributed by atoms with Crippen LogP contribution in [0.4, 0.5) is 0 Å². The molecular formula is C18H13ClO5. The molecule has 4 rings (SSSR count). The minimum Gasteiger partial charge on any atom is -0.507 e. The van der Waals surface area contributed by atoms with Crippen molar-refractivity contribution in [2.24, 2.45) is 11.8 Å². The van der Waals surface area contributed by atoms with Crippen molar-refractivity contribution in [3.63, 3.8) is 0 Å². The summed E-state index contributed by atoms with van der Waals surface area (Å²) in [6, 6.07) is 6.67. The molecule has 24 heavy (non-hydrogen) atoms. The number of halogens is 1. The van der Waals surface area contributed by atoms with Crippen molar-refractivity contribution in [2.45, 2.75) is 18.9 Å². The van der Waals surface area contributed by atoms with Crippen LogP contribution in [0.5, 0.6) is 5.75 Å². The van der Waals surface area contributed by atoms with E-state index in [4.69, 9.17) is 11.6 Å². The Morgan fingerprint density at radius 2 is 1.62 bits per heavy atom. The topological polar surface area (TPSA) is 91.7 Å². The summed E-state index contributed by atoms with van der Waals surface area (Å²) in [5.41, 5.74) is -0.181. The first-order valence-corrected chi connectivity index (χ1v) is 8.01. The number of aromatic hydroxyl groups is 1. The summed E-state index contributed by atoms with van der Waals surface area (Å²) in [6.07, 6.45) is -1.46. The number of benzene rings is 2. The fourth-order valence-corrected chi connectivity index (χ4v) is 4.25. The molecule has 0 amide bonds. The standard InChI is InChI=1S/C18H13ClO5/c19-15-8-3-1-2-4-9(8)16(22)14-13(15)17(23)10-5-7(20)6-11(21)12(10)18(14)24/h1-4,10-12,21-22H,5-6H2/t10-,11+,12+/m0/s1. The van der Waals surface area contributed by atoms with Crippen LogP contribution in [0, 0.1) is 11.8 Å². The minimum absolute atomic E-state index is 0.0407. The van der Waals surface area contributed by atoms with Gasteiger partial charge < -0.3 is 10.2 Å². The normalized spacial score (nSPS) is 26.4. The van der Waals surface area contributed by atoms with E-state index in [0.717, 1.165) is 0 Å². The molecule has 0 bridgehead atoms. The third-order valence-electron chi connectivity index (χ3n) is 4.99. The summed E-state index contributed by atoms with van der Waals surface area (Å²) >= 11 is 6.36. The number of fused-ring (bicyclic) bond motifs is 3. The van der Waals surface area contributed by atoms with Gasteiger partial charge in [0.2, 0.25) is 0 Å². The van der Waals surface area contributed by atoms with Gasteiger partial charge in [-0.3, -0.25) is 14.4 Å². The van der Waals surface area contributed by atoms with Crippen LogP contribution in [0.15, 0.2) is 24.3 Å². The highest BCUT2D eigenvalue weighted by Crippen LogP contribution is 2.47. The molecule has 0 aliphatic heterocycles. The van der Waals surface area contributed by atoms with Crippen molar-refractivity contribution in [1.82, 2.24) is 0 Å². The quantitative estimate of drug-likeness (QED) is 0.766. The summed E-state index contributed by atoms with van der Waals surface area (Å²) in [6.45, 7) is 0. The van der Waals surface area contributed by atoms with Gasteiger partial charge in [0.1, 0.15) is 11.5 Å². The van der Waals surface area contributed by atoms with Crippen LogP contribution < -0.4 is 0 Å². The Balaban J connectivity index is 2.05. The zero-order valence-corrected chi connectivity index (χ0v) is 13.2. The second-order valence-electron chi connectivity index (χ2n) is 6.33. The number of ketones is 3. The van der Waals surface area contributed by atoms with Gasteiger partial charge >= 0.3 is 0 Å². The highest BCUT2D eigenvalue weighted by molar-refractivity contribution is 6.41. The summed E-state index contributed by atoms with van der Waals surface area (Å²) in [7, 11) is 0. The predicted octanol–water partition coefficient (Wildman–Crippen LogP) is 2.53. The molecule has 1 fully saturated rings. The van der Waals surface area contributed by atoms with Gasteiger partial charge in [0.05, 0.1) is 28.2 Å². The smallest absolute Gasteiger partial charge is 0.173 e. The van der Waals surface area contributed by atoms with Crippen LogP contribution >= 0.6 is 11.6 Å². The van der Waals surface area contributed by atoms with Gasteiger partial charge in [0, 0.05) is 29.5 Å². The molecule has 2 aromatic carbocycles. The fourth-order valence-electron chi connectivity index (χ4n) is 3.90. The number of Topliss-reactive ketones (excluding diaryl/α,β-unsaturated/α-hetero) is 3. The predicted molar refractivity (Wildman–Crippen MR) is 86.5 cm³/mol. The Kier molecular flexibility index (Phi) is 3.27. The zero-order valence-electron chi connectivity index (χ0n) is 12.5. The van der Waals surface area contributed by atoms with Crippen LogP contribution in [0.25, 0.3) is 10.8 Å². The van der Waals surface area contributed by atoms with E-state index in [1.807, 2.05) is 0 Å². The van der Waals surface area contributed by atoms with Gasteiger partial charge in [0.15, 0.2) is 11.6 Å². The van der Waals surface area contributed by atoms with Gasteiger partial charge in [-0.2, -0.15) is 0 Å². The molecule has 0 radical (unpaired) electrons. The highest BCUT2D eigenvalue weighted by Gasteiger charge is 2.50. The zero-order chi connectivity index (χ0) is 17.2. The Morgan fingerprint density at radius 3 is 2.33 bits per heavy atom. The molecule has 0 spiro atoms. The van der Waals surface area contributed by atoms with Crippen molar-refractivity contribution in [1.29, 1.82) is 0 Å². The van der Waals surface area contributed by atoms with Crippen LogP contribution in [-0.2, 0) is 4.79 Å². The number of phenols is 1. The summed E-state index contributed by atoms with van der Waals surface area (Å²) in [5.74, 6) is -3.47. The lowest BCUT2D eigenvalue weighted by molar-refractivity contribution is -0.125. The van der Waals surface area contributed by atoms with Crippen LogP contribution in [0.2, 0.25) is 5.02 Å². The molecule has 2 aliphatic carbocycles. The van der Waals surface area contributed by atoms with Crippen LogP contribution in [0.1, 0.15) is 33.6 Å². The first-order chi connectivity index (χ1) is 11.4. The molecule has 0 unspecified atom stereocenters. The van der Waals surface area contributed by atoms with Gasteiger partial charge in [-0.05, 0) is 0 Å². The Labute approximate surface area is 141 Å². The number of aliphatic hydroxyl groups is 1. The molecule has 2 aromatic rings. The highest BCUT2D eigenvalue weighted by atomic mass is 35.5.